The highest BCUT2D eigenvalue weighted by Crippen LogP contribution is 2.06. The Morgan fingerprint density at radius 3 is 1.67 bits per heavy atom. The first-order valence-corrected chi connectivity index (χ1v) is 5.47. The van der Waals surface area contributed by atoms with E-state index in [2.05, 4.69) is 25.6 Å². The van der Waals surface area contributed by atoms with Crippen LogP contribution in [0.2, 0.25) is 0 Å². The smallest absolute Gasteiger partial charge is 0.0319 e. The van der Waals surface area contributed by atoms with E-state index in [4.69, 9.17) is 5.11 Å². The predicted octanol–water partition coefficient (Wildman–Crippen LogP) is 4.30. The summed E-state index contributed by atoms with van der Waals surface area (Å²) >= 11 is 0. The van der Waals surface area contributed by atoms with Gasteiger partial charge < -0.3 is 5.11 Å². The second-order valence-corrected chi connectivity index (χ2v) is 2.06. The zero-order valence-electron chi connectivity index (χ0n) is 11.0. The Hall–Kier alpha value is -1.08. The average molecular weight is 210 g/mol. The Morgan fingerprint density at radius 1 is 1.00 bits per heavy atom. The number of aliphatic hydroxyl groups is 1. The number of benzene rings is 1. The second-order valence-electron chi connectivity index (χ2n) is 2.06. The normalized spacial score (nSPS) is 6.60. The molecular formula is C14H26O. The van der Waals surface area contributed by atoms with E-state index in [9.17, 15) is 0 Å². The van der Waals surface area contributed by atoms with Crippen LogP contribution in [0, 0.1) is 6.92 Å². The van der Waals surface area contributed by atoms with Gasteiger partial charge in [0.25, 0.3) is 0 Å². The van der Waals surface area contributed by atoms with Crippen LogP contribution in [0.3, 0.4) is 0 Å². The summed E-state index contributed by atoms with van der Waals surface area (Å²) in [7, 11) is 1.00. The summed E-state index contributed by atoms with van der Waals surface area (Å²) in [6, 6.07) is 8.19. The highest BCUT2D eigenvalue weighted by Gasteiger charge is 1.86. The van der Waals surface area contributed by atoms with Crippen LogP contribution in [0.15, 0.2) is 30.8 Å². The Kier molecular flexibility index (Phi) is 24.2. The van der Waals surface area contributed by atoms with Crippen molar-refractivity contribution >= 4 is 6.08 Å². The molecule has 0 atom stereocenters. The molecule has 0 amide bonds. The standard InChI is InChI=1S/C9H10.2C2H6.CH4O/c1-3-9-7-5-4-6-8(9)2;3*1-2/h3-7H,1H2,2H3;2*1-2H3;2H,1H3. The fraction of sp³-hybridized carbons (Fsp3) is 0.429. The molecule has 0 spiro atoms. The van der Waals surface area contributed by atoms with Crippen molar-refractivity contribution in [2.75, 3.05) is 7.11 Å². The minimum absolute atomic E-state index is 1.00. The van der Waals surface area contributed by atoms with Crippen molar-refractivity contribution in [3.8, 4) is 0 Å². The molecule has 1 N–H and O–H groups in total. The minimum Gasteiger partial charge on any atom is -0.400 e. The molecule has 1 rings (SSSR count). The summed E-state index contributed by atoms with van der Waals surface area (Å²) in [5.41, 5.74) is 2.50. The first kappa shape index (κ1) is 19.5. The molecule has 1 aromatic rings. The zero-order chi connectivity index (χ0) is 12.7. The molecule has 0 saturated carbocycles. The summed E-state index contributed by atoms with van der Waals surface area (Å²) < 4.78 is 0. The van der Waals surface area contributed by atoms with Gasteiger partial charge in [0.1, 0.15) is 0 Å². The Labute approximate surface area is 95.5 Å². The summed E-state index contributed by atoms with van der Waals surface area (Å²) in [5, 5.41) is 7.00. The lowest BCUT2D eigenvalue weighted by Crippen LogP contribution is -1.75. The van der Waals surface area contributed by atoms with E-state index >= 15 is 0 Å². The number of hydrogen-bond donors (Lipinski definition) is 1. The third-order valence-corrected chi connectivity index (χ3v) is 1.41. The van der Waals surface area contributed by atoms with Gasteiger partial charge in [0, 0.05) is 7.11 Å². The van der Waals surface area contributed by atoms with Crippen LogP contribution in [0.1, 0.15) is 38.8 Å². The molecule has 0 aromatic heterocycles. The average Bonchev–Trinajstić information content (AvgIpc) is 2.37. The third kappa shape index (κ3) is 10.8. The van der Waals surface area contributed by atoms with Crippen molar-refractivity contribution in [2.45, 2.75) is 34.6 Å². The Bertz CT molecular complexity index is 216. The molecule has 0 aliphatic rings. The van der Waals surface area contributed by atoms with E-state index in [0.29, 0.717) is 0 Å². The van der Waals surface area contributed by atoms with E-state index < -0.39 is 0 Å². The molecular weight excluding hydrogens is 184 g/mol. The van der Waals surface area contributed by atoms with Gasteiger partial charge in [-0.05, 0) is 18.1 Å². The Balaban J connectivity index is -0.000000208. The van der Waals surface area contributed by atoms with Gasteiger partial charge in [0.05, 0.1) is 0 Å². The summed E-state index contributed by atoms with van der Waals surface area (Å²) in [4.78, 5) is 0. The second kappa shape index (κ2) is 18.7. The quantitative estimate of drug-likeness (QED) is 0.732. The number of aryl methyl sites for hydroxylation is 1. The van der Waals surface area contributed by atoms with Gasteiger partial charge in [-0.15, -0.1) is 0 Å². The van der Waals surface area contributed by atoms with Gasteiger partial charge in [-0.1, -0.05) is 64.6 Å². The fourth-order valence-electron chi connectivity index (χ4n) is 0.816. The van der Waals surface area contributed by atoms with Gasteiger partial charge in [-0.25, -0.2) is 0 Å². The van der Waals surface area contributed by atoms with Crippen LogP contribution in [0.25, 0.3) is 6.08 Å². The molecule has 1 heteroatoms. The molecule has 1 nitrogen and oxygen atoms in total. The topological polar surface area (TPSA) is 20.2 Å². The van der Waals surface area contributed by atoms with Gasteiger partial charge >= 0.3 is 0 Å². The maximum absolute atomic E-state index is 7.00. The van der Waals surface area contributed by atoms with E-state index in [0.717, 1.165) is 7.11 Å². The lowest BCUT2D eigenvalue weighted by molar-refractivity contribution is 0.399. The third-order valence-electron chi connectivity index (χ3n) is 1.41. The molecule has 15 heavy (non-hydrogen) atoms. The van der Waals surface area contributed by atoms with Crippen LogP contribution >= 0.6 is 0 Å². The van der Waals surface area contributed by atoms with Crippen LogP contribution in [0.4, 0.5) is 0 Å². The number of rotatable bonds is 1. The molecule has 0 aliphatic heterocycles. The van der Waals surface area contributed by atoms with Crippen molar-refractivity contribution in [1.82, 2.24) is 0 Å². The molecule has 0 saturated heterocycles. The molecule has 0 unspecified atom stereocenters. The summed E-state index contributed by atoms with van der Waals surface area (Å²) in [5.74, 6) is 0. The lowest BCUT2D eigenvalue weighted by Gasteiger charge is -1.95. The molecule has 0 aliphatic carbocycles. The highest BCUT2D eigenvalue weighted by atomic mass is 16.2. The summed E-state index contributed by atoms with van der Waals surface area (Å²) in [6.45, 7) is 13.8. The number of hydrogen-bond acceptors (Lipinski definition) is 1. The molecule has 0 fully saturated rings. The summed E-state index contributed by atoms with van der Waals surface area (Å²) in [6.07, 6.45) is 1.87. The van der Waals surface area contributed by atoms with E-state index in [1.165, 1.54) is 11.1 Å². The van der Waals surface area contributed by atoms with Crippen molar-refractivity contribution in [2.24, 2.45) is 0 Å². The van der Waals surface area contributed by atoms with Gasteiger partial charge in [-0.2, -0.15) is 0 Å². The maximum atomic E-state index is 7.00. The number of aliphatic hydroxyl groups excluding tert-OH is 1. The van der Waals surface area contributed by atoms with E-state index in [1.807, 2.05) is 45.9 Å². The monoisotopic (exact) mass is 210 g/mol. The first-order chi connectivity index (χ1) is 7.34. The highest BCUT2D eigenvalue weighted by molar-refractivity contribution is 5.50. The zero-order valence-corrected chi connectivity index (χ0v) is 11.0. The van der Waals surface area contributed by atoms with E-state index in [-0.39, 0.29) is 0 Å². The largest absolute Gasteiger partial charge is 0.400 e. The van der Waals surface area contributed by atoms with Gasteiger partial charge in [-0.3, -0.25) is 0 Å². The Morgan fingerprint density at radius 2 is 1.40 bits per heavy atom. The fourth-order valence-corrected chi connectivity index (χ4v) is 0.816. The van der Waals surface area contributed by atoms with Crippen molar-refractivity contribution in [3.63, 3.8) is 0 Å². The SMILES string of the molecule is C=Cc1ccccc1C.CC.CC.CO. The van der Waals surface area contributed by atoms with Crippen LogP contribution < -0.4 is 0 Å². The first-order valence-electron chi connectivity index (χ1n) is 5.47. The van der Waals surface area contributed by atoms with Gasteiger partial charge in [0.2, 0.25) is 0 Å². The van der Waals surface area contributed by atoms with Crippen molar-refractivity contribution < 1.29 is 5.11 Å². The van der Waals surface area contributed by atoms with Gasteiger partial charge in [0.15, 0.2) is 0 Å². The molecule has 88 valence electrons. The maximum Gasteiger partial charge on any atom is 0.0319 e. The van der Waals surface area contributed by atoms with Crippen LogP contribution in [0.5, 0.6) is 0 Å². The molecule has 0 heterocycles. The van der Waals surface area contributed by atoms with Crippen LogP contribution in [-0.2, 0) is 0 Å². The molecule has 0 radical (unpaired) electrons. The predicted molar refractivity (Wildman–Crippen MR) is 72.1 cm³/mol. The minimum atomic E-state index is 1.00. The molecule has 0 bridgehead atoms. The van der Waals surface area contributed by atoms with Crippen LogP contribution in [-0.4, -0.2) is 12.2 Å². The lowest BCUT2D eigenvalue weighted by atomic mass is 10.1. The van der Waals surface area contributed by atoms with Crippen molar-refractivity contribution in [1.29, 1.82) is 0 Å². The van der Waals surface area contributed by atoms with Crippen molar-refractivity contribution in [3.05, 3.63) is 42.0 Å². The van der Waals surface area contributed by atoms with E-state index in [1.54, 1.807) is 0 Å². The molecule has 1 aromatic carbocycles.